The van der Waals surface area contributed by atoms with Gasteiger partial charge in [0.2, 0.25) is 0 Å². The minimum Gasteiger partial charge on any atom is -0.508 e. The quantitative estimate of drug-likeness (QED) is 0.640. The molecule has 3 aromatic rings. The Morgan fingerprint density at radius 3 is 2.39 bits per heavy atom. The molecule has 3 aromatic carbocycles. The monoisotopic (exact) mass is 396 g/mol. The number of anilines is 3. The van der Waals surface area contributed by atoms with Crippen LogP contribution in [-0.2, 0) is 16.4 Å². The standard InChI is InChI=1S/C21H20N2O4S/c1-27-18-9-11-19(12-10-18)28(25,26)23-14-13-15-3-2-4-20(21(15)23)22-16-5-7-17(24)8-6-16/h2-12,22,24H,13-14H2,1H3. The molecule has 0 radical (unpaired) electrons. The number of ether oxygens (including phenoxy) is 1. The third-order valence-corrected chi connectivity index (χ3v) is 6.56. The first-order chi connectivity index (χ1) is 13.5. The molecule has 1 aliphatic rings. The second kappa shape index (κ2) is 7.09. The Morgan fingerprint density at radius 2 is 1.71 bits per heavy atom. The van der Waals surface area contributed by atoms with Crippen molar-refractivity contribution in [1.29, 1.82) is 0 Å². The molecule has 144 valence electrons. The van der Waals surface area contributed by atoms with Crippen molar-refractivity contribution in [2.75, 3.05) is 23.3 Å². The van der Waals surface area contributed by atoms with E-state index in [0.717, 1.165) is 11.3 Å². The van der Waals surface area contributed by atoms with Gasteiger partial charge in [0.1, 0.15) is 11.5 Å². The summed E-state index contributed by atoms with van der Waals surface area (Å²) in [6.45, 7) is 0.387. The highest BCUT2D eigenvalue weighted by molar-refractivity contribution is 7.92. The van der Waals surface area contributed by atoms with Crippen molar-refractivity contribution < 1.29 is 18.3 Å². The van der Waals surface area contributed by atoms with E-state index in [-0.39, 0.29) is 10.6 Å². The van der Waals surface area contributed by atoms with E-state index < -0.39 is 10.0 Å². The molecule has 4 rings (SSSR count). The lowest BCUT2D eigenvalue weighted by Crippen LogP contribution is -2.29. The molecular formula is C21H20N2O4S. The minimum absolute atomic E-state index is 0.174. The van der Waals surface area contributed by atoms with Crippen molar-refractivity contribution in [3.63, 3.8) is 0 Å². The van der Waals surface area contributed by atoms with Gasteiger partial charge in [-0.3, -0.25) is 4.31 Å². The molecule has 6 nitrogen and oxygen atoms in total. The van der Waals surface area contributed by atoms with Crippen LogP contribution in [0, 0.1) is 0 Å². The average molecular weight is 396 g/mol. The first kappa shape index (κ1) is 18.2. The van der Waals surface area contributed by atoms with Crippen LogP contribution in [0.15, 0.2) is 71.6 Å². The van der Waals surface area contributed by atoms with Crippen LogP contribution in [0.5, 0.6) is 11.5 Å². The number of sulfonamides is 1. The Labute approximate surface area is 164 Å². The van der Waals surface area contributed by atoms with Crippen molar-refractivity contribution in [1.82, 2.24) is 0 Å². The predicted octanol–water partition coefficient (Wildman–Crippen LogP) is 3.90. The average Bonchev–Trinajstić information content (AvgIpc) is 3.16. The molecule has 0 aliphatic carbocycles. The Morgan fingerprint density at radius 1 is 1.00 bits per heavy atom. The van der Waals surface area contributed by atoms with E-state index in [1.807, 2.05) is 18.2 Å². The Kier molecular flexibility index (Phi) is 4.60. The fourth-order valence-electron chi connectivity index (χ4n) is 3.34. The largest absolute Gasteiger partial charge is 0.508 e. The van der Waals surface area contributed by atoms with Gasteiger partial charge in [-0.1, -0.05) is 12.1 Å². The van der Waals surface area contributed by atoms with Gasteiger partial charge in [-0.05, 0) is 66.6 Å². The molecule has 0 saturated heterocycles. The second-order valence-corrected chi connectivity index (χ2v) is 8.35. The van der Waals surface area contributed by atoms with Crippen LogP contribution in [0.2, 0.25) is 0 Å². The number of rotatable bonds is 5. The van der Waals surface area contributed by atoms with Crippen LogP contribution in [0.3, 0.4) is 0 Å². The van der Waals surface area contributed by atoms with Gasteiger partial charge in [-0.2, -0.15) is 0 Å². The summed E-state index contributed by atoms with van der Waals surface area (Å²) < 4.78 is 33.1. The maximum Gasteiger partial charge on any atom is 0.264 e. The molecule has 0 spiro atoms. The van der Waals surface area contributed by atoms with E-state index in [2.05, 4.69) is 5.32 Å². The van der Waals surface area contributed by atoms with Gasteiger partial charge in [-0.25, -0.2) is 8.42 Å². The summed E-state index contributed by atoms with van der Waals surface area (Å²) >= 11 is 0. The van der Waals surface area contributed by atoms with Gasteiger partial charge in [0.05, 0.1) is 23.4 Å². The summed E-state index contributed by atoms with van der Waals surface area (Å²) in [5.74, 6) is 0.781. The van der Waals surface area contributed by atoms with Gasteiger partial charge in [0, 0.05) is 12.2 Å². The van der Waals surface area contributed by atoms with Crippen LogP contribution >= 0.6 is 0 Å². The number of nitrogens with zero attached hydrogens (tertiary/aromatic N) is 1. The zero-order valence-corrected chi connectivity index (χ0v) is 16.1. The topological polar surface area (TPSA) is 78.9 Å². The zero-order valence-electron chi connectivity index (χ0n) is 15.3. The van der Waals surface area contributed by atoms with Crippen molar-refractivity contribution in [3.05, 3.63) is 72.3 Å². The Hall–Kier alpha value is -3.19. The van der Waals surface area contributed by atoms with Crippen molar-refractivity contribution in [2.24, 2.45) is 0 Å². The lowest BCUT2D eigenvalue weighted by atomic mass is 10.1. The maximum absolute atomic E-state index is 13.3. The number of nitrogens with one attached hydrogen (secondary N) is 1. The predicted molar refractivity (Wildman–Crippen MR) is 109 cm³/mol. The van der Waals surface area contributed by atoms with Gasteiger partial charge < -0.3 is 15.2 Å². The van der Waals surface area contributed by atoms with Crippen molar-refractivity contribution in [2.45, 2.75) is 11.3 Å². The molecular weight excluding hydrogens is 376 g/mol. The first-order valence-corrected chi connectivity index (χ1v) is 10.3. The normalized spacial score (nSPS) is 13.2. The molecule has 1 heterocycles. The SMILES string of the molecule is COc1ccc(S(=O)(=O)N2CCc3cccc(Nc4ccc(O)cc4)c32)cc1. The van der Waals surface area contributed by atoms with Crippen LogP contribution in [0.4, 0.5) is 17.1 Å². The van der Waals surface area contributed by atoms with Crippen LogP contribution in [-0.4, -0.2) is 27.2 Å². The lowest BCUT2D eigenvalue weighted by molar-refractivity contribution is 0.414. The Bertz CT molecular complexity index is 1090. The molecule has 1 aliphatic heterocycles. The van der Waals surface area contributed by atoms with E-state index in [1.54, 1.807) is 55.6 Å². The summed E-state index contributed by atoms with van der Waals surface area (Å²) in [6.07, 6.45) is 0.649. The van der Waals surface area contributed by atoms with Gasteiger partial charge in [0.15, 0.2) is 0 Å². The summed E-state index contributed by atoms with van der Waals surface area (Å²) in [7, 11) is -2.16. The highest BCUT2D eigenvalue weighted by Crippen LogP contribution is 2.40. The molecule has 0 fully saturated rings. The molecule has 0 bridgehead atoms. The van der Waals surface area contributed by atoms with E-state index in [4.69, 9.17) is 4.74 Å². The number of benzene rings is 3. The highest BCUT2D eigenvalue weighted by Gasteiger charge is 2.33. The van der Waals surface area contributed by atoms with Gasteiger partial charge in [-0.15, -0.1) is 0 Å². The third-order valence-electron chi connectivity index (χ3n) is 4.75. The maximum atomic E-state index is 13.3. The molecule has 2 N–H and O–H groups in total. The fraction of sp³-hybridized carbons (Fsp3) is 0.143. The fourth-order valence-corrected chi connectivity index (χ4v) is 4.86. The summed E-state index contributed by atoms with van der Waals surface area (Å²) in [5.41, 5.74) is 3.10. The van der Waals surface area contributed by atoms with Gasteiger partial charge in [0.25, 0.3) is 10.0 Å². The summed E-state index contributed by atoms with van der Waals surface area (Å²) in [6, 6.07) is 18.8. The molecule has 0 unspecified atom stereocenters. The number of para-hydroxylation sites is 1. The van der Waals surface area contributed by atoms with E-state index in [9.17, 15) is 13.5 Å². The second-order valence-electron chi connectivity index (χ2n) is 6.49. The molecule has 0 saturated carbocycles. The van der Waals surface area contributed by atoms with Crippen molar-refractivity contribution >= 4 is 27.1 Å². The number of hydrogen-bond donors (Lipinski definition) is 2. The van der Waals surface area contributed by atoms with Crippen molar-refractivity contribution in [3.8, 4) is 11.5 Å². The third kappa shape index (κ3) is 3.25. The van der Waals surface area contributed by atoms with E-state index in [1.165, 1.54) is 4.31 Å². The highest BCUT2D eigenvalue weighted by atomic mass is 32.2. The minimum atomic E-state index is -3.70. The number of phenols is 1. The number of methoxy groups -OCH3 is 1. The molecule has 0 atom stereocenters. The van der Waals surface area contributed by atoms with Gasteiger partial charge >= 0.3 is 0 Å². The van der Waals surface area contributed by atoms with Crippen LogP contribution in [0.25, 0.3) is 0 Å². The number of fused-ring (bicyclic) bond motifs is 1. The Balaban J connectivity index is 1.72. The molecule has 28 heavy (non-hydrogen) atoms. The summed E-state index contributed by atoms with van der Waals surface area (Å²) in [4.78, 5) is 0.223. The van der Waals surface area contributed by atoms with Crippen LogP contribution in [0.1, 0.15) is 5.56 Å². The zero-order chi connectivity index (χ0) is 19.7. The summed E-state index contributed by atoms with van der Waals surface area (Å²) in [5, 5.41) is 12.7. The van der Waals surface area contributed by atoms with E-state index in [0.29, 0.717) is 30.1 Å². The number of phenolic OH excluding ortho intramolecular Hbond substituents is 1. The number of hydrogen-bond acceptors (Lipinski definition) is 5. The molecule has 0 amide bonds. The molecule has 7 heteroatoms. The number of aromatic hydroxyl groups is 1. The van der Waals surface area contributed by atoms with E-state index >= 15 is 0 Å². The smallest absolute Gasteiger partial charge is 0.264 e. The first-order valence-electron chi connectivity index (χ1n) is 8.84. The molecule has 0 aromatic heterocycles. The lowest BCUT2D eigenvalue weighted by Gasteiger charge is -2.23. The van der Waals surface area contributed by atoms with Crippen LogP contribution < -0.4 is 14.4 Å².